The van der Waals surface area contributed by atoms with Crippen molar-refractivity contribution >= 4 is 11.7 Å². The van der Waals surface area contributed by atoms with E-state index in [0.717, 1.165) is 62.3 Å². The van der Waals surface area contributed by atoms with Gasteiger partial charge in [0.1, 0.15) is 18.2 Å². The fourth-order valence-electron chi connectivity index (χ4n) is 4.20. The van der Waals surface area contributed by atoms with Gasteiger partial charge in [0.05, 0.1) is 6.10 Å². The van der Waals surface area contributed by atoms with Crippen LogP contribution in [0.1, 0.15) is 60.9 Å². The quantitative estimate of drug-likeness (QED) is 0.697. The fourth-order valence-corrected chi connectivity index (χ4v) is 4.20. The molecule has 2 aromatic rings. The Kier molecular flexibility index (Phi) is 6.45. The predicted octanol–water partition coefficient (Wildman–Crippen LogP) is 4.93. The third-order valence-corrected chi connectivity index (χ3v) is 5.86. The molecule has 5 heteroatoms. The molecule has 2 heterocycles. The van der Waals surface area contributed by atoms with Crippen LogP contribution in [0.3, 0.4) is 0 Å². The number of pyridine rings is 1. The molecule has 2 aliphatic rings. The lowest BCUT2D eigenvalue weighted by Crippen LogP contribution is -2.42. The molecule has 0 bridgehead atoms. The summed E-state index contributed by atoms with van der Waals surface area (Å²) < 4.78 is 11.4. The number of ether oxygens (including phenoxy) is 2. The molecule has 0 radical (unpaired) electrons. The zero-order chi connectivity index (χ0) is 20.1. The third kappa shape index (κ3) is 4.96. The van der Waals surface area contributed by atoms with Gasteiger partial charge in [0.15, 0.2) is 0 Å². The van der Waals surface area contributed by atoms with E-state index in [2.05, 4.69) is 4.98 Å². The first-order chi connectivity index (χ1) is 14.2. The van der Waals surface area contributed by atoms with Crippen molar-refractivity contribution in [3.8, 4) is 5.75 Å². The molecule has 154 valence electrons. The number of carbonyl (C=O) groups is 1. The summed E-state index contributed by atoms with van der Waals surface area (Å²) in [4.78, 5) is 19.9. The van der Waals surface area contributed by atoms with Crippen LogP contribution in [0.5, 0.6) is 5.75 Å². The second-order valence-corrected chi connectivity index (χ2v) is 8.13. The molecule has 0 N–H and O–H groups in total. The maximum absolute atomic E-state index is 13.4. The molecule has 1 aliphatic heterocycles. The van der Waals surface area contributed by atoms with Gasteiger partial charge in [-0.1, -0.05) is 25.3 Å². The first kappa shape index (κ1) is 19.9. The second kappa shape index (κ2) is 9.40. The van der Waals surface area contributed by atoms with Gasteiger partial charge in [0.2, 0.25) is 0 Å². The van der Waals surface area contributed by atoms with Crippen molar-refractivity contribution in [2.75, 3.05) is 18.1 Å². The van der Waals surface area contributed by atoms with Gasteiger partial charge in [-0.15, -0.1) is 0 Å². The Morgan fingerprint density at radius 2 is 1.86 bits per heavy atom. The van der Waals surface area contributed by atoms with Crippen molar-refractivity contribution in [3.05, 3.63) is 53.7 Å². The summed E-state index contributed by atoms with van der Waals surface area (Å²) in [5.74, 6) is 1.53. The maximum atomic E-state index is 13.4. The number of amides is 1. The van der Waals surface area contributed by atoms with Crippen molar-refractivity contribution in [2.45, 2.75) is 64.0 Å². The topological polar surface area (TPSA) is 51.7 Å². The summed E-state index contributed by atoms with van der Waals surface area (Å²) in [6, 6.07) is 11.7. The summed E-state index contributed by atoms with van der Waals surface area (Å²) in [6.07, 6.45) is 9.81. The van der Waals surface area contributed by atoms with E-state index in [1.807, 2.05) is 54.4 Å². The zero-order valence-corrected chi connectivity index (χ0v) is 17.2. The van der Waals surface area contributed by atoms with Gasteiger partial charge in [-0.25, -0.2) is 4.98 Å². The van der Waals surface area contributed by atoms with Gasteiger partial charge in [0, 0.05) is 24.4 Å². The molecule has 1 saturated heterocycles. The van der Waals surface area contributed by atoms with Gasteiger partial charge in [-0.3, -0.25) is 9.69 Å². The van der Waals surface area contributed by atoms with Crippen LogP contribution in [-0.2, 0) is 4.74 Å². The molecular weight excluding hydrogens is 364 g/mol. The highest BCUT2D eigenvalue weighted by atomic mass is 16.5. The highest BCUT2D eigenvalue weighted by molar-refractivity contribution is 6.06. The number of aromatic nitrogens is 1. The molecule has 1 atom stereocenters. The molecule has 1 aliphatic carbocycles. The Labute approximate surface area is 173 Å². The minimum atomic E-state index is 0.0129. The average Bonchev–Trinajstić information content (AvgIpc) is 3.29. The summed E-state index contributed by atoms with van der Waals surface area (Å²) in [7, 11) is 0. The van der Waals surface area contributed by atoms with Gasteiger partial charge < -0.3 is 9.47 Å². The first-order valence-corrected chi connectivity index (χ1v) is 10.8. The Balaban J connectivity index is 1.49. The predicted molar refractivity (Wildman–Crippen MR) is 114 cm³/mol. The fraction of sp³-hybridized carbons (Fsp3) is 0.500. The molecule has 1 amide bonds. The Hall–Kier alpha value is -2.40. The lowest BCUT2D eigenvalue weighted by Gasteiger charge is -2.33. The van der Waals surface area contributed by atoms with Crippen molar-refractivity contribution in [3.63, 3.8) is 0 Å². The Morgan fingerprint density at radius 3 is 2.52 bits per heavy atom. The molecular formula is C24H30N2O3. The van der Waals surface area contributed by atoms with Crippen molar-refractivity contribution in [1.82, 2.24) is 4.98 Å². The first-order valence-electron chi connectivity index (χ1n) is 10.8. The SMILES string of the molecule is Cc1ccc(N(C(=O)c2ccc(OC[C@H]3CCCO3)cc2)C2CCCCC2)nc1. The number of benzene rings is 1. The smallest absolute Gasteiger partial charge is 0.259 e. The Bertz CT molecular complexity index is 792. The minimum Gasteiger partial charge on any atom is -0.491 e. The summed E-state index contributed by atoms with van der Waals surface area (Å²) in [6.45, 7) is 3.40. The molecule has 0 unspecified atom stereocenters. The zero-order valence-electron chi connectivity index (χ0n) is 17.2. The number of hydrogen-bond acceptors (Lipinski definition) is 4. The summed E-state index contributed by atoms with van der Waals surface area (Å²) in [5.41, 5.74) is 1.76. The molecule has 1 aromatic carbocycles. The second-order valence-electron chi connectivity index (χ2n) is 8.13. The normalized spacial score (nSPS) is 19.8. The number of hydrogen-bond donors (Lipinski definition) is 0. The molecule has 29 heavy (non-hydrogen) atoms. The van der Waals surface area contributed by atoms with Crippen LogP contribution in [0.2, 0.25) is 0 Å². The minimum absolute atomic E-state index is 0.0129. The van der Waals surface area contributed by atoms with Crippen LogP contribution in [0.15, 0.2) is 42.6 Å². The number of nitrogens with zero attached hydrogens (tertiary/aromatic N) is 2. The largest absolute Gasteiger partial charge is 0.491 e. The van der Waals surface area contributed by atoms with Gasteiger partial charge in [-0.05, 0) is 68.5 Å². The van der Waals surface area contributed by atoms with E-state index < -0.39 is 0 Å². The molecule has 5 nitrogen and oxygen atoms in total. The maximum Gasteiger partial charge on any atom is 0.259 e. The summed E-state index contributed by atoms with van der Waals surface area (Å²) >= 11 is 0. The summed E-state index contributed by atoms with van der Waals surface area (Å²) in [5, 5.41) is 0. The molecule has 2 fully saturated rings. The molecule has 1 aromatic heterocycles. The van der Waals surface area contributed by atoms with E-state index in [0.29, 0.717) is 12.2 Å². The lowest BCUT2D eigenvalue weighted by molar-refractivity contribution is 0.0679. The van der Waals surface area contributed by atoms with Crippen LogP contribution in [-0.4, -0.2) is 36.3 Å². The van der Waals surface area contributed by atoms with Crippen molar-refractivity contribution in [2.24, 2.45) is 0 Å². The average molecular weight is 395 g/mol. The standard InChI is InChI=1S/C24H30N2O3/c1-18-9-14-23(25-16-18)26(20-6-3-2-4-7-20)24(27)19-10-12-21(13-11-19)29-17-22-8-5-15-28-22/h9-14,16,20,22H,2-8,15,17H2,1H3/t22-/m1/s1. The van der Waals surface area contributed by atoms with E-state index in [1.54, 1.807) is 0 Å². The number of aryl methyl sites for hydroxylation is 1. The van der Waals surface area contributed by atoms with Crippen LogP contribution < -0.4 is 9.64 Å². The highest BCUT2D eigenvalue weighted by Crippen LogP contribution is 2.28. The van der Waals surface area contributed by atoms with Crippen LogP contribution in [0, 0.1) is 6.92 Å². The van der Waals surface area contributed by atoms with Crippen molar-refractivity contribution < 1.29 is 14.3 Å². The van der Waals surface area contributed by atoms with Gasteiger partial charge in [0.25, 0.3) is 5.91 Å². The number of carbonyl (C=O) groups excluding carboxylic acids is 1. The molecule has 0 spiro atoms. The van der Waals surface area contributed by atoms with Crippen molar-refractivity contribution in [1.29, 1.82) is 0 Å². The number of rotatable bonds is 6. The van der Waals surface area contributed by atoms with Gasteiger partial charge in [-0.2, -0.15) is 0 Å². The van der Waals surface area contributed by atoms with Gasteiger partial charge >= 0.3 is 0 Å². The van der Waals surface area contributed by atoms with E-state index >= 15 is 0 Å². The van der Waals surface area contributed by atoms with Crippen LogP contribution in [0.25, 0.3) is 0 Å². The van der Waals surface area contributed by atoms with Crippen LogP contribution >= 0.6 is 0 Å². The van der Waals surface area contributed by atoms with E-state index in [9.17, 15) is 4.79 Å². The third-order valence-electron chi connectivity index (χ3n) is 5.86. The van der Waals surface area contributed by atoms with Crippen LogP contribution in [0.4, 0.5) is 5.82 Å². The number of anilines is 1. The van der Waals surface area contributed by atoms with E-state index in [4.69, 9.17) is 9.47 Å². The molecule has 1 saturated carbocycles. The Morgan fingerprint density at radius 1 is 1.07 bits per heavy atom. The lowest BCUT2D eigenvalue weighted by atomic mass is 9.93. The molecule has 4 rings (SSSR count). The van der Waals surface area contributed by atoms with E-state index in [1.165, 1.54) is 6.42 Å². The van der Waals surface area contributed by atoms with E-state index in [-0.39, 0.29) is 18.1 Å². The highest BCUT2D eigenvalue weighted by Gasteiger charge is 2.28. The monoisotopic (exact) mass is 394 g/mol.